The summed E-state index contributed by atoms with van der Waals surface area (Å²) in [6, 6.07) is 3.18. The van der Waals surface area contributed by atoms with Crippen LogP contribution in [-0.4, -0.2) is 42.1 Å². The maximum absolute atomic E-state index is 13.1. The number of carbonyl (C=O) groups excluding carboxylic acids is 2. The first kappa shape index (κ1) is 16.0. The van der Waals surface area contributed by atoms with Crippen molar-refractivity contribution < 1.29 is 14.3 Å². The summed E-state index contributed by atoms with van der Waals surface area (Å²) >= 11 is 1.53. The molecule has 3 atom stereocenters. The van der Waals surface area contributed by atoms with Gasteiger partial charge in [-0.05, 0) is 32.2 Å². The Bertz CT molecular complexity index is 631. The van der Waals surface area contributed by atoms with E-state index in [1.807, 2.05) is 36.3 Å². The number of urea groups is 1. The van der Waals surface area contributed by atoms with Crippen LogP contribution in [0.5, 0.6) is 0 Å². The minimum absolute atomic E-state index is 0.00920. The van der Waals surface area contributed by atoms with E-state index < -0.39 is 6.04 Å². The molecule has 1 aromatic rings. The number of rotatable bonds is 2. The Morgan fingerprint density at radius 1 is 1.35 bits per heavy atom. The molecule has 0 unspecified atom stereocenters. The number of nitrogens with zero attached hydrogens (tertiary/aromatic N) is 1. The molecule has 0 radical (unpaired) electrons. The van der Waals surface area contributed by atoms with Gasteiger partial charge in [-0.3, -0.25) is 4.79 Å². The Labute approximate surface area is 139 Å². The SMILES string of the molecule is CC1=C(C(=O)N2C[C@@H](C)O[C@@H](C)C2)[C@@H](c2cccs2)NC(=O)N1. The van der Waals surface area contributed by atoms with Crippen LogP contribution in [0, 0.1) is 0 Å². The van der Waals surface area contributed by atoms with E-state index in [4.69, 9.17) is 4.74 Å². The molecule has 1 fully saturated rings. The van der Waals surface area contributed by atoms with Crippen LogP contribution in [0.2, 0.25) is 0 Å². The number of morpholine rings is 1. The zero-order chi connectivity index (χ0) is 16.6. The highest BCUT2D eigenvalue weighted by Crippen LogP contribution is 2.31. The summed E-state index contributed by atoms with van der Waals surface area (Å²) in [6.45, 7) is 6.83. The Kier molecular flexibility index (Phi) is 4.41. The maximum Gasteiger partial charge on any atom is 0.319 e. The zero-order valence-corrected chi connectivity index (χ0v) is 14.3. The van der Waals surface area contributed by atoms with Gasteiger partial charge in [0, 0.05) is 23.7 Å². The maximum atomic E-state index is 13.1. The first-order valence-corrected chi connectivity index (χ1v) is 8.60. The molecule has 3 heterocycles. The summed E-state index contributed by atoms with van der Waals surface area (Å²) in [4.78, 5) is 27.7. The van der Waals surface area contributed by atoms with Crippen LogP contribution in [0.1, 0.15) is 31.7 Å². The standard InChI is InChI=1S/C16H21N3O3S/c1-9-7-19(8-10(2)22-9)15(20)13-11(3)17-16(21)18-14(13)12-5-4-6-23-12/h4-6,9-10,14H,7-8H2,1-3H3,(H2,17,18,21)/t9-,10+,14-/m1/s1. The quantitative estimate of drug-likeness (QED) is 0.868. The molecule has 0 spiro atoms. The van der Waals surface area contributed by atoms with Crippen LogP contribution >= 0.6 is 11.3 Å². The summed E-state index contributed by atoms with van der Waals surface area (Å²) in [6.07, 6.45) is 0.0184. The molecule has 0 aliphatic carbocycles. The fraction of sp³-hybridized carbons (Fsp3) is 0.500. The molecule has 7 heteroatoms. The number of nitrogens with one attached hydrogen (secondary N) is 2. The van der Waals surface area contributed by atoms with Gasteiger partial charge in [-0.15, -0.1) is 11.3 Å². The highest BCUT2D eigenvalue weighted by Gasteiger charge is 2.36. The molecule has 124 valence electrons. The van der Waals surface area contributed by atoms with Crippen LogP contribution < -0.4 is 10.6 Å². The Morgan fingerprint density at radius 3 is 2.65 bits per heavy atom. The fourth-order valence-electron chi connectivity index (χ4n) is 3.16. The highest BCUT2D eigenvalue weighted by atomic mass is 32.1. The molecule has 0 bridgehead atoms. The number of ether oxygens (including phenoxy) is 1. The van der Waals surface area contributed by atoms with Crippen molar-refractivity contribution in [2.24, 2.45) is 0 Å². The average molecular weight is 335 g/mol. The number of hydrogen-bond donors (Lipinski definition) is 2. The number of carbonyl (C=O) groups is 2. The van der Waals surface area contributed by atoms with Gasteiger partial charge in [0.25, 0.3) is 5.91 Å². The third-order valence-electron chi connectivity index (χ3n) is 4.03. The van der Waals surface area contributed by atoms with Crippen molar-refractivity contribution >= 4 is 23.3 Å². The monoisotopic (exact) mass is 335 g/mol. The van der Waals surface area contributed by atoms with E-state index >= 15 is 0 Å². The Hall–Kier alpha value is -1.86. The molecule has 23 heavy (non-hydrogen) atoms. The second kappa shape index (κ2) is 6.33. The fourth-order valence-corrected chi connectivity index (χ4v) is 3.94. The van der Waals surface area contributed by atoms with Crippen molar-refractivity contribution in [3.05, 3.63) is 33.7 Å². The molecule has 1 saturated heterocycles. The van der Waals surface area contributed by atoms with Gasteiger partial charge in [0.15, 0.2) is 0 Å². The molecule has 6 nitrogen and oxygen atoms in total. The molecule has 0 aromatic carbocycles. The minimum atomic E-state index is -0.398. The van der Waals surface area contributed by atoms with E-state index in [1.165, 1.54) is 11.3 Å². The van der Waals surface area contributed by atoms with Gasteiger partial charge in [-0.25, -0.2) is 4.79 Å². The van der Waals surface area contributed by atoms with Crippen LogP contribution in [0.25, 0.3) is 0 Å². The minimum Gasteiger partial charge on any atom is -0.372 e. The van der Waals surface area contributed by atoms with Crippen molar-refractivity contribution in [1.29, 1.82) is 0 Å². The van der Waals surface area contributed by atoms with Crippen molar-refractivity contribution in [1.82, 2.24) is 15.5 Å². The van der Waals surface area contributed by atoms with Gasteiger partial charge < -0.3 is 20.3 Å². The molecule has 3 amide bonds. The molecule has 1 aromatic heterocycles. The third-order valence-corrected chi connectivity index (χ3v) is 4.97. The van der Waals surface area contributed by atoms with Gasteiger partial charge in [0.05, 0.1) is 23.8 Å². The van der Waals surface area contributed by atoms with Gasteiger partial charge in [0.1, 0.15) is 0 Å². The van der Waals surface area contributed by atoms with Crippen LogP contribution in [0.4, 0.5) is 4.79 Å². The van der Waals surface area contributed by atoms with Crippen LogP contribution in [0.15, 0.2) is 28.8 Å². The number of thiophene rings is 1. The van der Waals surface area contributed by atoms with Crippen molar-refractivity contribution in [3.8, 4) is 0 Å². The molecule has 0 saturated carbocycles. The van der Waals surface area contributed by atoms with E-state index in [0.717, 1.165) is 4.88 Å². The lowest BCUT2D eigenvalue weighted by Crippen LogP contribution is -2.52. The second-order valence-electron chi connectivity index (χ2n) is 6.05. The predicted molar refractivity (Wildman–Crippen MR) is 88.0 cm³/mol. The molecular formula is C16H21N3O3S. The zero-order valence-electron chi connectivity index (χ0n) is 13.5. The summed E-state index contributed by atoms with van der Waals surface area (Å²) in [5.41, 5.74) is 1.22. The topological polar surface area (TPSA) is 70.7 Å². The normalized spacial score (nSPS) is 28.4. The summed E-state index contributed by atoms with van der Waals surface area (Å²) in [5, 5.41) is 7.53. The first-order valence-electron chi connectivity index (χ1n) is 7.72. The molecule has 3 rings (SSSR count). The summed E-state index contributed by atoms with van der Waals surface area (Å²) in [7, 11) is 0. The summed E-state index contributed by atoms with van der Waals surface area (Å²) in [5.74, 6) is -0.0459. The Balaban J connectivity index is 1.92. The van der Waals surface area contributed by atoms with Crippen molar-refractivity contribution in [3.63, 3.8) is 0 Å². The van der Waals surface area contributed by atoms with Crippen molar-refractivity contribution in [2.75, 3.05) is 13.1 Å². The van der Waals surface area contributed by atoms with E-state index in [9.17, 15) is 9.59 Å². The van der Waals surface area contributed by atoms with Crippen molar-refractivity contribution in [2.45, 2.75) is 39.0 Å². The van der Waals surface area contributed by atoms with E-state index in [1.54, 1.807) is 6.92 Å². The number of hydrogen-bond acceptors (Lipinski definition) is 4. The molecular weight excluding hydrogens is 314 g/mol. The highest BCUT2D eigenvalue weighted by molar-refractivity contribution is 7.10. The van der Waals surface area contributed by atoms with Gasteiger partial charge >= 0.3 is 6.03 Å². The molecule has 2 N–H and O–H groups in total. The average Bonchev–Trinajstić information content (AvgIpc) is 2.98. The van der Waals surface area contributed by atoms with Gasteiger partial charge in [-0.2, -0.15) is 0 Å². The largest absolute Gasteiger partial charge is 0.372 e. The van der Waals surface area contributed by atoms with E-state index in [-0.39, 0.29) is 24.1 Å². The lowest BCUT2D eigenvalue weighted by atomic mass is 9.99. The number of amides is 3. The first-order chi connectivity index (χ1) is 11.0. The van der Waals surface area contributed by atoms with E-state index in [2.05, 4.69) is 10.6 Å². The lowest BCUT2D eigenvalue weighted by Gasteiger charge is -2.38. The van der Waals surface area contributed by atoms with Crippen LogP contribution in [0.3, 0.4) is 0 Å². The van der Waals surface area contributed by atoms with E-state index in [0.29, 0.717) is 24.4 Å². The van der Waals surface area contributed by atoms with Crippen LogP contribution in [-0.2, 0) is 9.53 Å². The molecule has 2 aliphatic heterocycles. The second-order valence-corrected chi connectivity index (χ2v) is 7.03. The Morgan fingerprint density at radius 2 is 2.04 bits per heavy atom. The third kappa shape index (κ3) is 3.25. The van der Waals surface area contributed by atoms with Gasteiger partial charge in [0.2, 0.25) is 0 Å². The smallest absolute Gasteiger partial charge is 0.319 e. The lowest BCUT2D eigenvalue weighted by molar-refractivity contribution is -0.139. The summed E-state index contributed by atoms with van der Waals surface area (Å²) < 4.78 is 5.70. The molecule has 2 aliphatic rings. The number of allylic oxidation sites excluding steroid dienone is 1. The van der Waals surface area contributed by atoms with Gasteiger partial charge in [-0.1, -0.05) is 6.07 Å². The predicted octanol–water partition coefficient (Wildman–Crippen LogP) is 2.01.